The van der Waals surface area contributed by atoms with Crippen molar-refractivity contribution in [1.82, 2.24) is 4.90 Å². The lowest BCUT2D eigenvalue weighted by Crippen LogP contribution is -2.30. The molecule has 1 heterocycles. The van der Waals surface area contributed by atoms with Crippen LogP contribution in [0.25, 0.3) is 5.57 Å². The first-order valence-corrected chi connectivity index (χ1v) is 9.16. The van der Waals surface area contributed by atoms with Crippen molar-refractivity contribution in [2.24, 2.45) is 0 Å². The molecule has 0 spiro atoms. The lowest BCUT2D eigenvalue weighted by molar-refractivity contribution is -0.130. The van der Waals surface area contributed by atoms with E-state index in [2.05, 4.69) is 0 Å². The monoisotopic (exact) mass is 373 g/mol. The summed E-state index contributed by atoms with van der Waals surface area (Å²) in [6.45, 7) is 2.24. The molecule has 28 heavy (non-hydrogen) atoms. The predicted octanol–water partition coefficient (Wildman–Crippen LogP) is 5.19. The molecule has 1 aliphatic rings. The Labute approximate surface area is 163 Å². The van der Waals surface area contributed by atoms with Crippen LogP contribution in [0.4, 0.5) is 4.39 Å². The topological polar surface area (TPSA) is 40.5 Å². The van der Waals surface area contributed by atoms with Gasteiger partial charge in [0.05, 0.1) is 6.04 Å². The van der Waals surface area contributed by atoms with Crippen LogP contribution in [0, 0.1) is 12.7 Å². The largest absolute Gasteiger partial charge is 0.503 e. The number of benzene rings is 3. The molecule has 0 saturated heterocycles. The van der Waals surface area contributed by atoms with Crippen LogP contribution in [-0.2, 0) is 11.3 Å². The van der Waals surface area contributed by atoms with Crippen molar-refractivity contribution in [2.75, 3.05) is 0 Å². The van der Waals surface area contributed by atoms with Crippen molar-refractivity contribution < 1.29 is 14.3 Å². The SMILES string of the molecule is Cc1ccc(C2=C(O)C(=O)N(Cc3ccccc3)[C@@H]2c2ccccc2F)cc1. The highest BCUT2D eigenvalue weighted by atomic mass is 19.1. The van der Waals surface area contributed by atoms with Crippen molar-refractivity contribution >= 4 is 11.5 Å². The Morgan fingerprint density at radius 1 is 0.929 bits per heavy atom. The number of amides is 1. The van der Waals surface area contributed by atoms with Crippen LogP contribution in [0.2, 0.25) is 0 Å². The highest BCUT2D eigenvalue weighted by molar-refractivity contribution is 6.05. The smallest absolute Gasteiger partial charge is 0.290 e. The molecule has 0 aliphatic carbocycles. The van der Waals surface area contributed by atoms with E-state index in [-0.39, 0.29) is 12.3 Å². The van der Waals surface area contributed by atoms with Crippen molar-refractivity contribution in [3.63, 3.8) is 0 Å². The minimum Gasteiger partial charge on any atom is -0.503 e. The number of aryl methyl sites for hydroxylation is 1. The van der Waals surface area contributed by atoms with Crippen LogP contribution in [0.3, 0.4) is 0 Å². The summed E-state index contributed by atoms with van der Waals surface area (Å²) < 4.78 is 14.7. The molecule has 0 aromatic heterocycles. The third-order valence-electron chi connectivity index (χ3n) is 5.06. The van der Waals surface area contributed by atoms with Gasteiger partial charge in [-0.1, -0.05) is 78.4 Å². The standard InChI is InChI=1S/C24H20FNO2/c1-16-11-13-18(14-12-16)21-22(19-9-5-6-10-20(19)25)26(24(28)23(21)27)15-17-7-3-2-4-8-17/h2-14,22,27H,15H2,1H3/t22-/m1/s1. The fourth-order valence-corrected chi connectivity index (χ4v) is 3.64. The molecule has 140 valence electrons. The van der Waals surface area contributed by atoms with Crippen molar-refractivity contribution in [3.05, 3.63) is 113 Å². The molecule has 3 aromatic rings. The number of carbonyl (C=O) groups excluding carboxylic acids is 1. The molecule has 0 radical (unpaired) electrons. The number of aliphatic hydroxyl groups is 1. The van der Waals surface area contributed by atoms with Crippen LogP contribution < -0.4 is 0 Å². The molecule has 3 nitrogen and oxygen atoms in total. The minimum atomic E-state index is -0.698. The first kappa shape index (κ1) is 18.0. The van der Waals surface area contributed by atoms with Crippen LogP contribution in [0.1, 0.15) is 28.3 Å². The molecular formula is C24H20FNO2. The van der Waals surface area contributed by atoms with Crippen LogP contribution in [0.15, 0.2) is 84.6 Å². The summed E-state index contributed by atoms with van der Waals surface area (Å²) in [7, 11) is 0. The number of hydrogen-bond donors (Lipinski definition) is 1. The Bertz CT molecular complexity index is 1040. The number of hydrogen-bond acceptors (Lipinski definition) is 2. The quantitative estimate of drug-likeness (QED) is 0.684. The van der Waals surface area contributed by atoms with Gasteiger partial charge >= 0.3 is 0 Å². The van der Waals surface area contributed by atoms with Gasteiger partial charge in [-0.3, -0.25) is 4.79 Å². The third-order valence-corrected chi connectivity index (χ3v) is 5.06. The number of halogens is 1. The van der Waals surface area contributed by atoms with Crippen molar-refractivity contribution in [2.45, 2.75) is 19.5 Å². The van der Waals surface area contributed by atoms with E-state index in [0.717, 1.165) is 11.1 Å². The highest BCUT2D eigenvalue weighted by Gasteiger charge is 2.41. The van der Waals surface area contributed by atoms with Crippen molar-refractivity contribution in [1.29, 1.82) is 0 Å². The summed E-state index contributed by atoms with van der Waals surface area (Å²) in [5.74, 6) is -1.22. The second kappa shape index (κ2) is 7.31. The van der Waals surface area contributed by atoms with Gasteiger partial charge in [-0.15, -0.1) is 0 Å². The maximum Gasteiger partial charge on any atom is 0.290 e. The lowest BCUT2D eigenvalue weighted by atomic mass is 9.92. The first-order valence-electron chi connectivity index (χ1n) is 9.16. The maximum atomic E-state index is 14.7. The summed E-state index contributed by atoms with van der Waals surface area (Å²) in [5, 5.41) is 10.7. The Hall–Kier alpha value is -3.40. The average Bonchev–Trinajstić information content (AvgIpc) is 2.95. The molecule has 4 rings (SSSR count). The van der Waals surface area contributed by atoms with Gasteiger partial charge in [-0.25, -0.2) is 4.39 Å². The summed E-state index contributed by atoms with van der Waals surface area (Å²) in [6, 6.07) is 22.7. The Kier molecular flexibility index (Phi) is 4.70. The Morgan fingerprint density at radius 2 is 1.57 bits per heavy atom. The minimum absolute atomic E-state index is 0.276. The molecule has 0 saturated carbocycles. The summed E-state index contributed by atoms with van der Waals surface area (Å²) >= 11 is 0. The van der Waals surface area contributed by atoms with Gasteiger partial charge in [0.1, 0.15) is 5.82 Å². The molecule has 1 amide bonds. The van der Waals surface area contributed by atoms with Crippen LogP contribution in [-0.4, -0.2) is 15.9 Å². The van der Waals surface area contributed by atoms with Gasteiger partial charge in [0.25, 0.3) is 5.91 Å². The molecule has 4 heteroatoms. The summed E-state index contributed by atoms with van der Waals surface area (Å²) in [4.78, 5) is 14.5. The van der Waals surface area contributed by atoms with E-state index in [4.69, 9.17) is 0 Å². The van der Waals surface area contributed by atoms with Gasteiger partial charge in [-0.05, 0) is 24.1 Å². The average molecular weight is 373 g/mol. The second-order valence-electron chi connectivity index (χ2n) is 6.97. The fourth-order valence-electron chi connectivity index (χ4n) is 3.64. The van der Waals surface area contributed by atoms with Crippen LogP contribution >= 0.6 is 0 Å². The molecule has 1 atom stereocenters. The normalized spacial score (nSPS) is 16.7. The highest BCUT2D eigenvalue weighted by Crippen LogP contribution is 2.44. The van der Waals surface area contributed by atoms with Gasteiger partial charge < -0.3 is 10.0 Å². The zero-order valence-electron chi connectivity index (χ0n) is 15.5. The zero-order chi connectivity index (χ0) is 19.7. The molecule has 0 unspecified atom stereocenters. The second-order valence-corrected chi connectivity index (χ2v) is 6.97. The maximum absolute atomic E-state index is 14.7. The Morgan fingerprint density at radius 3 is 2.25 bits per heavy atom. The molecule has 0 bridgehead atoms. The molecule has 0 fully saturated rings. The zero-order valence-corrected chi connectivity index (χ0v) is 15.5. The number of aliphatic hydroxyl groups excluding tert-OH is 1. The molecule has 1 N–H and O–H groups in total. The van der Waals surface area contributed by atoms with E-state index in [0.29, 0.717) is 16.7 Å². The number of rotatable bonds is 4. The number of carbonyl (C=O) groups is 1. The Balaban J connectivity index is 1.84. The van der Waals surface area contributed by atoms with Gasteiger partial charge in [0.15, 0.2) is 5.76 Å². The summed E-state index contributed by atoms with van der Waals surface area (Å²) in [5.41, 5.74) is 3.49. The van der Waals surface area contributed by atoms with E-state index < -0.39 is 17.8 Å². The van der Waals surface area contributed by atoms with E-state index in [1.807, 2.05) is 61.5 Å². The molecule has 3 aromatic carbocycles. The van der Waals surface area contributed by atoms with E-state index >= 15 is 0 Å². The predicted molar refractivity (Wildman–Crippen MR) is 107 cm³/mol. The van der Waals surface area contributed by atoms with Gasteiger partial charge in [0.2, 0.25) is 0 Å². The molecular weight excluding hydrogens is 353 g/mol. The number of nitrogens with zero attached hydrogens (tertiary/aromatic N) is 1. The fraction of sp³-hybridized carbons (Fsp3) is 0.125. The van der Waals surface area contributed by atoms with E-state index in [1.165, 1.54) is 11.0 Å². The van der Waals surface area contributed by atoms with Gasteiger partial charge in [-0.2, -0.15) is 0 Å². The van der Waals surface area contributed by atoms with Crippen molar-refractivity contribution in [3.8, 4) is 0 Å². The van der Waals surface area contributed by atoms with E-state index in [1.54, 1.807) is 18.2 Å². The summed E-state index contributed by atoms with van der Waals surface area (Å²) in [6.07, 6.45) is 0. The van der Waals surface area contributed by atoms with Gasteiger partial charge in [0, 0.05) is 17.7 Å². The lowest BCUT2D eigenvalue weighted by Gasteiger charge is -2.28. The van der Waals surface area contributed by atoms with E-state index in [9.17, 15) is 14.3 Å². The van der Waals surface area contributed by atoms with Crippen LogP contribution in [0.5, 0.6) is 0 Å². The molecule has 1 aliphatic heterocycles. The third kappa shape index (κ3) is 3.18. The first-order chi connectivity index (χ1) is 13.6.